The Morgan fingerprint density at radius 1 is 1.19 bits per heavy atom. The Morgan fingerprint density at radius 3 is 2.89 bits per heavy atom. The Balaban J connectivity index is 1.40. The third kappa shape index (κ3) is 4.42. The smallest absolute Gasteiger partial charge is 0.292 e. The lowest BCUT2D eigenvalue weighted by Crippen LogP contribution is -2.36. The molecule has 4 heterocycles. The Hall–Kier alpha value is -4.24. The summed E-state index contributed by atoms with van der Waals surface area (Å²) < 4.78 is 5.38. The molecule has 2 N–H and O–H groups in total. The van der Waals surface area contributed by atoms with Gasteiger partial charge in [-0.1, -0.05) is 35.0 Å². The zero-order valence-electron chi connectivity index (χ0n) is 20.4. The number of aromatic nitrogens is 5. The molecule has 2 aromatic carbocycles. The molecule has 0 aliphatic carbocycles. The van der Waals surface area contributed by atoms with E-state index in [1.807, 2.05) is 56.3 Å². The maximum absolute atomic E-state index is 13.5. The second-order valence-corrected chi connectivity index (χ2v) is 9.60. The summed E-state index contributed by atoms with van der Waals surface area (Å²) in [5.41, 5.74) is 6.44. The van der Waals surface area contributed by atoms with Crippen molar-refractivity contribution in [2.45, 2.75) is 33.4 Å². The first kappa shape index (κ1) is 23.2. The molecule has 186 valence electrons. The summed E-state index contributed by atoms with van der Waals surface area (Å²) in [7, 11) is 0. The van der Waals surface area contributed by atoms with Crippen molar-refractivity contribution in [1.82, 2.24) is 30.2 Å². The fourth-order valence-corrected chi connectivity index (χ4v) is 4.99. The van der Waals surface area contributed by atoms with Crippen LogP contribution in [-0.2, 0) is 19.5 Å². The third-order valence-electron chi connectivity index (χ3n) is 6.65. The van der Waals surface area contributed by atoms with Gasteiger partial charge in [-0.3, -0.25) is 9.89 Å². The highest BCUT2D eigenvalue weighted by Gasteiger charge is 2.26. The fraction of sp³-hybridized carbons (Fsp3) is 0.222. The molecule has 1 amide bonds. The summed E-state index contributed by atoms with van der Waals surface area (Å²) in [6.45, 7) is 5.34. The van der Waals surface area contributed by atoms with Crippen LogP contribution in [-0.4, -0.2) is 42.7 Å². The van der Waals surface area contributed by atoms with Crippen LogP contribution in [0.5, 0.6) is 0 Å². The van der Waals surface area contributed by atoms with Crippen LogP contribution in [0.1, 0.15) is 38.9 Å². The van der Waals surface area contributed by atoms with Gasteiger partial charge < -0.3 is 14.7 Å². The van der Waals surface area contributed by atoms with Crippen LogP contribution in [0.25, 0.3) is 22.0 Å². The number of nitrogens with one attached hydrogen (secondary N) is 2. The molecule has 0 bridgehead atoms. The summed E-state index contributed by atoms with van der Waals surface area (Å²) in [4.78, 5) is 24.6. The number of halogens is 1. The summed E-state index contributed by atoms with van der Waals surface area (Å²) in [5.74, 6) is 1.25. The van der Waals surface area contributed by atoms with Crippen LogP contribution >= 0.6 is 11.6 Å². The van der Waals surface area contributed by atoms with E-state index in [9.17, 15) is 4.79 Å². The van der Waals surface area contributed by atoms with Crippen molar-refractivity contribution < 1.29 is 9.32 Å². The minimum atomic E-state index is -0.214. The van der Waals surface area contributed by atoms with Gasteiger partial charge in [-0.25, -0.2) is 9.97 Å². The molecule has 37 heavy (non-hydrogen) atoms. The van der Waals surface area contributed by atoms with Crippen LogP contribution in [0.4, 0.5) is 5.82 Å². The number of H-pyrrole nitrogens is 1. The minimum Gasteiger partial charge on any atom is -0.365 e. The first-order valence-electron chi connectivity index (χ1n) is 12.0. The number of aryl methyl sites for hydroxylation is 2. The van der Waals surface area contributed by atoms with Crippen molar-refractivity contribution in [3.05, 3.63) is 87.8 Å². The van der Waals surface area contributed by atoms with Gasteiger partial charge >= 0.3 is 0 Å². The number of carbonyl (C=O) groups is 1. The Kier molecular flexibility index (Phi) is 5.84. The molecule has 1 aliphatic rings. The number of amides is 1. The number of rotatable bonds is 5. The lowest BCUT2D eigenvalue weighted by molar-refractivity contribution is 0.0722. The number of fused-ring (bicyclic) bond motifs is 2. The SMILES string of the molecule is Cc1noc(C)c1-c1ccc2nc(C(=O)N3CCc4[nH]ncc4C3)nc(NCc3cccc(Cl)c3)c2c1. The van der Waals surface area contributed by atoms with E-state index < -0.39 is 0 Å². The van der Waals surface area contributed by atoms with Crippen LogP contribution in [0, 0.1) is 13.8 Å². The molecular formula is C27H24ClN7O2. The number of hydrogen-bond donors (Lipinski definition) is 2. The molecule has 6 rings (SSSR count). The maximum Gasteiger partial charge on any atom is 0.292 e. The van der Waals surface area contributed by atoms with E-state index in [2.05, 4.69) is 25.7 Å². The number of hydrogen-bond acceptors (Lipinski definition) is 7. The summed E-state index contributed by atoms with van der Waals surface area (Å²) in [6, 6.07) is 13.5. The van der Waals surface area contributed by atoms with Crippen molar-refractivity contribution >= 4 is 34.2 Å². The Morgan fingerprint density at radius 2 is 2.08 bits per heavy atom. The molecule has 5 aromatic rings. The van der Waals surface area contributed by atoms with Crippen LogP contribution < -0.4 is 5.32 Å². The van der Waals surface area contributed by atoms with Gasteiger partial charge in [-0.15, -0.1) is 0 Å². The van der Waals surface area contributed by atoms with Crippen molar-refractivity contribution in [2.24, 2.45) is 0 Å². The molecule has 0 unspecified atom stereocenters. The van der Waals surface area contributed by atoms with E-state index in [-0.39, 0.29) is 11.7 Å². The zero-order valence-corrected chi connectivity index (χ0v) is 21.1. The number of benzene rings is 2. The van der Waals surface area contributed by atoms with Gasteiger partial charge in [-0.05, 0) is 49.2 Å². The molecular weight excluding hydrogens is 490 g/mol. The largest absolute Gasteiger partial charge is 0.365 e. The lowest BCUT2D eigenvalue weighted by Gasteiger charge is -2.26. The standard InChI is InChI=1S/C27H24ClN7O2/c1-15-24(16(2)37-34-15)18-6-7-23-21(11-18)25(29-12-17-4-3-5-20(28)10-17)32-26(31-23)27(36)35-9-8-22-19(14-35)13-30-33-22/h3-7,10-11,13H,8-9,12,14H2,1-2H3,(H,30,33)(H,29,31,32). The predicted octanol–water partition coefficient (Wildman–Crippen LogP) is 5.09. The second kappa shape index (κ2) is 9.33. The Bertz CT molecular complexity index is 1620. The van der Waals surface area contributed by atoms with Crippen LogP contribution in [0.2, 0.25) is 5.02 Å². The number of anilines is 1. The average molecular weight is 514 g/mol. The van der Waals surface area contributed by atoms with E-state index in [0.717, 1.165) is 51.2 Å². The van der Waals surface area contributed by atoms with Gasteiger partial charge in [0.05, 0.1) is 17.4 Å². The fourth-order valence-electron chi connectivity index (χ4n) is 4.78. The highest BCUT2D eigenvalue weighted by Crippen LogP contribution is 2.32. The van der Waals surface area contributed by atoms with Crippen molar-refractivity contribution in [3.63, 3.8) is 0 Å². The molecule has 0 fully saturated rings. The lowest BCUT2D eigenvalue weighted by atomic mass is 10.0. The number of aromatic amines is 1. The molecule has 10 heteroatoms. The van der Waals surface area contributed by atoms with Gasteiger partial charge in [0.2, 0.25) is 5.82 Å². The highest BCUT2D eigenvalue weighted by atomic mass is 35.5. The molecule has 0 radical (unpaired) electrons. The first-order chi connectivity index (χ1) is 18.0. The van der Waals surface area contributed by atoms with Crippen LogP contribution in [0.15, 0.2) is 53.2 Å². The predicted molar refractivity (Wildman–Crippen MR) is 140 cm³/mol. The van der Waals surface area contributed by atoms with Gasteiger partial charge in [0, 0.05) is 53.3 Å². The number of carbonyl (C=O) groups excluding carboxylic acids is 1. The highest BCUT2D eigenvalue weighted by molar-refractivity contribution is 6.30. The van der Waals surface area contributed by atoms with Gasteiger partial charge in [-0.2, -0.15) is 5.10 Å². The third-order valence-corrected chi connectivity index (χ3v) is 6.88. The first-order valence-corrected chi connectivity index (χ1v) is 12.4. The van der Waals surface area contributed by atoms with E-state index in [1.165, 1.54) is 0 Å². The van der Waals surface area contributed by atoms with E-state index in [0.29, 0.717) is 36.0 Å². The van der Waals surface area contributed by atoms with Crippen molar-refractivity contribution in [1.29, 1.82) is 0 Å². The van der Waals surface area contributed by atoms with Crippen LogP contribution in [0.3, 0.4) is 0 Å². The molecule has 3 aromatic heterocycles. The molecule has 0 saturated heterocycles. The molecule has 0 spiro atoms. The topological polar surface area (TPSA) is 113 Å². The normalized spacial score (nSPS) is 13.1. The Labute approximate surface area is 217 Å². The van der Waals surface area contributed by atoms with E-state index >= 15 is 0 Å². The van der Waals surface area contributed by atoms with Crippen molar-refractivity contribution in [3.8, 4) is 11.1 Å². The molecule has 0 atom stereocenters. The summed E-state index contributed by atoms with van der Waals surface area (Å²) >= 11 is 6.18. The average Bonchev–Trinajstić information content (AvgIpc) is 3.51. The maximum atomic E-state index is 13.5. The van der Waals surface area contributed by atoms with Crippen molar-refractivity contribution in [2.75, 3.05) is 11.9 Å². The quantitative estimate of drug-likeness (QED) is 0.336. The minimum absolute atomic E-state index is 0.151. The second-order valence-electron chi connectivity index (χ2n) is 9.16. The monoisotopic (exact) mass is 513 g/mol. The van der Waals surface area contributed by atoms with Gasteiger partial charge in [0.1, 0.15) is 11.6 Å². The molecule has 9 nitrogen and oxygen atoms in total. The number of nitrogens with zero attached hydrogens (tertiary/aromatic N) is 5. The molecule has 1 aliphatic heterocycles. The summed E-state index contributed by atoms with van der Waals surface area (Å²) in [5, 5.41) is 16.1. The molecule has 0 saturated carbocycles. The van der Waals surface area contributed by atoms with Gasteiger partial charge in [0.15, 0.2) is 0 Å². The van der Waals surface area contributed by atoms with E-state index in [4.69, 9.17) is 21.1 Å². The zero-order chi connectivity index (χ0) is 25.5. The van der Waals surface area contributed by atoms with Gasteiger partial charge in [0.25, 0.3) is 5.91 Å². The summed E-state index contributed by atoms with van der Waals surface area (Å²) in [6.07, 6.45) is 2.49. The van der Waals surface area contributed by atoms with E-state index in [1.54, 1.807) is 11.1 Å².